The lowest BCUT2D eigenvalue weighted by Gasteiger charge is -2.07. The molecule has 0 aliphatic carbocycles. The number of nitrogen functional groups attached to an aromatic ring is 1. The Hall–Kier alpha value is -1.96. The van der Waals surface area contributed by atoms with E-state index in [1.807, 2.05) is 12.1 Å². The van der Waals surface area contributed by atoms with E-state index in [-0.39, 0.29) is 5.75 Å². The highest BCUT2D eigenvalue weighted by Gasteiger charge is 2.02. The number of rotatable bonds is 2. The van der Waals surface area contributed by atoms with E-state index in [1.54, 1.807) is 12.1 Å². The molecule has 0 radical (unpaired) electrons. The fourth-order valence-corrected chi connectivity index (χ4v) is 1.79. The van der Waals surface area contributed by atoms with Gasteiger partial charge in [-0.25, -0.2) is 0 Å². The van der Waals surface area contributed by atoms with Crippen LogP contribution in [0.2, 0.25) is 0 Å². The minimum absolute atomic E-state index is 0.213. The zero-order valence-electron chi connectivity index (χ0n) is 9.27. The summed E-state index contributed by atoms with van der Waals surface area (Å²) in [6.45, 7) is 2.07. The maximum Gasteiger partial charge on any atom is 0.117 e. The highest BCUT2D eigenvalue weighted by atomic mass is 16.3. The van der Waals surface area contributed by atoms with Crippen molar-refractivity contribution in [3.8, 4) is 5.75 Å². The third kappa shape index (κ3) is 2.34. The molecule has 2 heteroatoms. The van der Waals surface area contributed by atoms with Gasteiger partial charge in [0.1, 0.15) is 5.75 Å². The highest BCUT2D eigenvalue weighted by Crippen LogP contribution is 2.21. The molecule has 0 saturated heterocycles. The summed E-state index contributed by atoms with van der Waals surface area (Å²) < 4.78 is 0. The molecule has 2 aromatic carbocycles. The van der Waals surface area contributed by atoms with Crippen molar-refractivity contribution in [1.29, 1.82) is 0 Å². The van der Waals surface area contributed by atoms with Gasteiger partial charge in [-0.3, -0.25) is 0 Å². The van der Waals surface area contributed by atoms with Crippen molar-refractivity contribution in [2.75, 3.05) is 5.73 Å². The van der Waals surface area contributed by atoms with Crippen LogP contribution in [0.15, 0.2) is 42.5 Å². The molecular weight excluding hydrogens is 198 g/mol. The van der Waals surface area contributed by atoms with Crippen LogP contribution in [0, 0.1) is 6.92 Å². The van der Waals surface area contributed by atoms with Gasteiger partial charge in [-0.2, -0.15) is 0 Å². The van der Waals surface area contributed by atoms with Crippen molar-refractivity contribution < 1.29 is 5.11 Å². The molecule has 0 aliphatic rings. The summed E-state index contributed by atoms with van der Waals surface area (Å²) >= 11 is 0. The Morgan fingerprint density at radius 2 is 1.94 bits per heavy atom. The number of aryl methyl sites for hydroxylation is 1. The minimum atomic E-state index is 0.213. The molecule has 0 bridgehead atoms. The lowest BCUT2D eigenvalue weighted by Crippen LogP contribution is -1.95. The molecule has 3 N–H and O–H groups in total. The van der Waals surface area contributed by atoms with E-state index < -0.39 is 0 Å². The van der Waals surface area contributed by atoms with Gasteiger partial charge in [0.25, 0.3) is 0 Å². The first-order valence-electron chi connectivity index (χ1n) is 5.28. The summed E-state index contributed by atoms with van der Waals surface area (Å²) in [5.41, 5.74) is 10.0. The van der Waals surface area contributed by atoms with Gasteiger partial charge in [-0.05, 0) is 30.5 Å². The maximum absolute atomic E-state index is 9.27. The van der Waals surface area contributed by atoms with E-state index in [4.69, 9.17) is 5.73 Å². The quantitative estimate of drug-likeness (QED) is 0.753. The third-order valence-corrected chi connectivity index (χ3v) is 2.61. The molecule has 0 aromatic heterocycles. The van der Waals surface area contributed by atoms with E-state index in [9.17, 15) is 5.11 Å². The molecular formula is C14H15NO. The summed E-state index contributed by atoms with van der Waals surface area (Å²) in [6.07, 6.45) is 0.799. The van der Waals surface area contributed by atoms with Crippen LogP contribution in [-0.4, -0.2) is 5.11 Å². The van der Waals surface area contributed by atoms with Crippen molar-refractivity contribution >= 4 is 5.69 Å². The van der Waals surface area contributed by atoms with Crippen molar-refractivity contribution in [3.63, 3.8) is 0 Å². The van der Waals surface area contributed by atoms with Crippen LogP contribution in [-0.2, 0) is 6.42 Å². The average Bonchev–Trinajstić information content (AvgIpc) is 2.22. The normalized spacial score (nSPS) is 10.3. The van der Waals surface area contributed by atoms with E-state index in [2.05, 4.69) is 25.1 Å². The van der Waals surface area contributed by atoms with Crippen molar-refractivity contribution in [1.82, 2.24) is 0 Å². The summed E-state index contributed by atoms with van der Waals surface area (Å²) in [4.78, 5) is 0. The Balaban J connectivity index is 2.27. The second kappa shape index (κ2) is 4.27. The van der Waals surface area contributed by atoms with Gasteiger partial charge >= 0.3 is 0 Å². The smallest absolute Gasteiger partial charge is 0.117 e. The lowest BCUT2D eigenvalue weighted by atomic mass is 10.0. The zero-order chi connectivity index (χ0) is 11.5. The summed E-state index contributed by atoms with van der Waals surface area (Å²) in [5.74, 6) is 0.213. The van der Waals surface area contributed by atoms with Crippen LogP contribution < -0.4 is 5.73 Å². The van der Waals surface area contributed by atoms with Crippen LogP contribution in [0.1, 0.15) is 16.7 Å². The number of nitrogens with two attached hydrogens (primary N) is 1. The van der Waals surface area contributed by atoms with Gasteiger partial charge in [0.2, 0.25) is 0 Å². The van der Waals surface area contributed by atoms with Gasteiger partial charge in [-0.15, -0.1) is 0 Å². The molecule has 2 nitrogen and oxygen atoms in total. The monoisotopic (exact) mass is 213 g/mol. The highest BCUT2D eigenvalue weighted by molar-refractivity contribution is 5.52. The van der Waals surface area contributed by atoms with Gasteiger partial charge in [0, 0.05) is 11.8 Å². The van der Waals surface area contributed by atoms with Crippen LogP contribution >= 0.6 is 0 Å². The van der Waals surface area contributed by atoms with E-state index >= 15 is 0 Å². The van der Waals surface area contributed by atoms with E-state index in [1.165, 1.54) is 11.1 Å². The van der Waals surface area contributed by atoms with Crippen LogP contribution in [0.3, 0.4) is 0 Å². The Morgan fingerprint density at radius 1 is 1.12 bits per heavy atom. The second-order valence-electron chi connectivity index (χ2n) is 4.05. The summed E-state index contributed by atoms with van der Waals surface area (Å²) in [6, 6.07) is 13.5. The molecule has 0 heterocycles. The first-order chi connectivity index (χ1) is 7.65. The molecule has 0 atom stereocenters. The number of aromatic hydroxyl groups is 1. The predicted octanol–water partition coefficient (Wildman–Crippen LogP) is 2.87. The van der Waals surface area contributed by atoms with Crippen molar-refractivity contribution in [3.05, 3.63) is 59.2 Å². The van der Waals surface area contributed by atoms with E-state index in [0.29, 0.717) is 5.69 Å². The second-order valence-corrected chi connectivity index (χ2v) is 4.05. The minimum Gasteiger partial charge on any atom is -0.508 e. The Bertz CT molecular complexity index is 506. The standard InChI is InChI=1S/C14H15NO/c1-10-3-2-4-11(7-10)8-12-5-6-13(16)9-14(12)15/h2-7,9,16H,8,15H2,1H3. The van der Waals surface area contributed by atoms with Crippen molar-refractivity contribution in [2.24, 2.45) is 0 Å². The third-order valence-electron chi connectivity index (χ3n) is 2.61. The Kier molecular flexibility index (Phi) is 2.82. The number of hydrogen-bond acceptors (Lipinski definition) is 2. The molecule has 0 fully saturated rings. The number of anilines is 1. The number of phenolic OH excluding ortho intramolecular Hbond substituents is 1. The topological polar surface area (TPSA) is 46.2 Å². The first-order valence-corrected chi connectivity index (χ1v) is 5.28. The maximum atomic E-state index is 9.27. The Labute approximate surface area is 95.4 Å². The molecule has 0 saturated carbocycles. The average molecular weight is 213 g/mol. The predicted molar refractivity (Wildman–Crippen MR) is 66.5 cm³/mol. The van der Waals surface area contributed by atoms with Gasteiger partial charge in [-0.1, -0.05) is 35.9 Å². The first kappa shape index (κ1) is 10.6. The molecule has 16 heavy (non-hydrogen) atoms. The lowest BCUT2D eigenvalue weighted by molar-refractivity contribution is 0.475. The molecule has 0 aliphatic heterocycles. The fourth-order valence-electron chi connectivity index (χ4n) is 1.79. The van der Waals surface area contributed by atoms with Crippen LogP contribution in [0.5, 0.6) is 5.75 Å². The van der Waals surface area contributed by atoms with Gasteiger partial charge in [0.15, 0.2) is 0 Å². The van der Waals surface area contributed by atoms with E-state index in [0.717, 1.165) is 12.0 Å². The van der Waals surface area contributed by atoms with Crippen molar-refractivity contribution in [2.45, 2.75) is 13.3 Å². The Morgan fingerprint density at radius 3 is 2.62 bits per heavy atom. The SMILES string of the molecule is Cc1cccc(Cc2ccc(O)cc2N)c1. The largest absolute Gasteiger partial charge is 0.508 e. The summed E-state index contributed by atoms with van der Waals surface area (Å²) in [5, 5.41) is 9.27. The van der Waals surface area contributed by atoms with Gasteiger partial charge < -0.3 is 10.8 Å². The molecule has 82 valence electrons. The van der Waals surface area contributed by atoms with Crippen LogP contribution in [0.4, 0.5) is 5.69 Å². The molecule has 2 aromatic rings. The molecule has 0 spiro atoms. The van der Waals surface area contributed by atoms with Crippen LogP contribution in [0.25, 0.3) is 0 Å². The molecule has 0 unspecified atom stereocenters. The summed E-state index contributed by atoms with van der Waals surface area (Å²) in [7, 11) is 0. The van der Waals surface area contributed by atoms with Gasteiger partial charge in [0.05, 0.1) is 0 Å². The number of phenols is 1. The number of benzene rings is 2. The fraction of sp³-hybridized carbons (Fsp3) is 0.143. The molecule has 2 rings (SSSR count). The zero-order valence-corrected chi connectivity index (χ0v) is 9.27. The molecule has 0 amide bonds. The number of hydrogen-bond donors (Lipinski definition) is 2.